The average molecular weight is 145 g/mol. The number of aliphatic hydroxyl groups excluding tert-OH is 1. The molecule has 2 heteroatoms. The van der Waals surface area contributed by atoms with Crippen molar-refractivity contribution in [1.29, 1.82) is 0 Å². The first-order chi connectivity index (χ1) is 4.62. The summed E-state index contributed by atoms with van der Waals surface area (Å²) < 4.78 is 0. The minimum atomic E-state index is 0.272. The molecule has 62 valence electrons. The summed E-state index contributed by atoms with van der Waals surface area (Å²) in [5.41, 5.74) is 5.64. The molecule has 0 unspecified atom stereocenters. The van der Waals surface area contributed by atoms with Gasteiger partial charge in [0.05, 0.1) is 0 Å². The van der Waals surface area contributed by atoms with Crippen LogP contribution in [-0.4, -0.2) is 18.3 Å². The van der Waals surface area contributed by atoms with E-state index in [1.807, 2.05) is 0 Å². The number of aliphatic hydroxyl groups is 1. The van der Waals surface area contributed by atoms with Crippen LogP contribution >= 0.6 is 0 Å². The normalized spacial score (nSPS) is 12.0. The summed E-state index contributed by atoms with van der Waals surface area (Å²) in [6.07, 6.45) is 3.06. The van der Waals surface area contributed by atoms with Crippen LogP contribution in [0.5, 0.6) is 0 Å². The van der Waals surface area contributed by atoms with Crippen LogP contribution in [0.1, 0.15) is 33.1 Å². The molecule has 2 nitrogen and oxygen atoms in total. The zero-order valence-electron chi connectivity index (χ0n) is 7.06. The second-order valence-corrected chi connectivity index (χ2v) is 3.53. The van der Waals surface area contributed by atoms with E-state index in [9.17, 15) is 0 Å². The maximum absolute atomic E-state index is 8.67. The highest BCUT2D eigenvalue weighted by molar-refractivity contribution is 4.67. The maximum Gasteiger partial charge on any atom is 0.0436 e. The van der Waals surface area contributed by atoms with Crippen LogP contribution < -0.4 is 5.73 Å². The van der Waals surface area contributed by atoms with Crippen LogP contribution in [0.3, 0.4) is 0 Å². The predicted octanol–water partition coefficient (Wildman–Crippen LogP) is 1.13. The largest absolute Gasteiger partial charge is 0.396 e. The Morgan fingerprint density at radius 2 is 1.90 bits per heavy atom. The Hall–Kier alpha value is -0.0800. The lowest BCUT2D eigenvalue weighted by molar-refractivity contribution is 0.200. The van der Waals surface area contributed by atoms with Gasteiger partial charge >= 0.3 is 0 Å². The molecule has 0 aromatic rings. The van der Waals surface area contributed by atoms with Gasteiger partial charge in [-0.25, -0.2) is 0 Å². The predicted molar refractivity (Wildman–Crippen MR) is 43.8 cm³/mol. The van der Waals surface area contributed by atoms with Crippen LogP contribution in [-0.2, 0) is 0 Å². The van der Waals surface area contributed by atoms with E-state index in [4.69, 9.17) is 10.8 Å². The van der Waals surface area contributed by atoms with Crippen LogP contribution in [0, 0.1) is 5.41 Å². The molecule has 0 spiro atoms. The topological polar surface area (TPSA) is 46.2 Å². The van der Waals surface area contributed by atoms with E-state index in [0.717, 1.165) is 25.8 Å². The number of hydrogen-bond donors (Lipinski definition) is 2. The summed E-state index contributed by atoms with van der Waals surface area (Å²) in [5.74, 6) is 0. The van der Waals surface area contributed by atoms with Gasteiger partial charge in [-0.05, 0) is 31.2 Å². The van der Waals surface area contributed by atoms with E-state index >= 15 is 0 Å². The van der Waals surface area contributed by atoms with Gasteiger partial charge in [0.1, 0.15) is 0 Å². The van der Waals surface area contributed by atoms with E-state index in [1.54, 1.807) is 0 Å². The molecule has 0 saturated carbocycles. The molecule has 0 fully saturated rings. The Morgan fingerprint density at radius 1 is 1.30 bits per heavy atom. The maximum atomic E-state index is 8.67. The van der Waals surface area contributed by atoms with Crippen LogP contribution in [0.2, 0.25) is 0 Å². The van der Waals surface area contributed by atoms with Crippen molar-refractivity contribution < 1.29 is 5.11 Å². The molecule has 0 aromatic carbocycles. The van der Waals surface area contributed by atoms with Crippen molar-refractivity contribution in [2.75, 3.05) is 13.2 Å². The minimum Gasteiger partial charge on any atom is -0.396 e. The van der Waals surface area contributed by atoms with Crippen LogP contribution in [0.25, 0.3) is 0 Å². The molecule has 0 radical (unpaired) electrons. The second kappa shape index (κ2) is 4.69. The Bertz CT molecular complexity index is 81.3. The van der Waals surface area contributed by atoms with E-state index in [0.29, 0.717) is 0 Å². The highest BCUT2D eigenvalue weighted by Gasteiger charge is 2.15. The molecule has 0 aliphatic carbocycles. The molecule has 0 aliphatic rings. The van der Waals surface area contributed by atoms with Crippen molar-refractivity contribution in [2.45, 2.75) is 33.1 Å². The van der Waals surface area contributed by atoms with Gasteiger partial charge in [-0.3, -0.25) is 0 Å². The van der Waals surface area contributed by atoms with E-state index in [1.165, 1.54) is 0 Å². The average Bonchev–Trinajstić information content (AvgIpc) is 1.84. The molecule has 0 bridgehead atoms. The summed E-state index contributed by atoms with van der Waals surface area (Å²) in [5, 5.41) is 8.67. The Morgan fingerprint density at radius 3 is 2.30 bits per heavy atom. The third-order valence-electron chi connectivity index (χ3n) is 1.85. The van der Waals surface area contributed by atoms with Gasteiger partial charge < -0.3 is 10.8 Å². The Balaban J connectivity index is 3.42. The standard InChI is InChI=1S/C8H19NO/c1-8(2,5-7-10)4-3-6-9/h10H,3-7,9H2,1-2H3. The van der Waals surface area contributed by atoms with E-state index < -0.39 is 0 Å². The first-order valence-corrected chi connectivity index (χ1v) is 3.93. The van der Waals surface area contributed by atoms with Gasteiger partial charge in [-0.2, -0.15) is 0 Å². The molecule has 0 rings (SSSR count). The summed E-state index contributed by atoms with van der Waals surface area (Å²) >= 11 is 0. The fraction of sp³-hybridized carbons (Fsp3) is 1.00. The Kier molecular flexibility index (Phi) is 4.65. The van der Waals surface area contributed by atoms with Gasteiger partial charge in [-0.15, -0.1) is 0 Å². The van der Waals surface area contributed by atoms with Crippen molar-refractivity contribution in [3.8, 4) is 0 Å². The van der Waals surface area contributed by atoms with Gasteiger partial charge in [-0.1, -0.05) is 13.8 Å². The molecule has 0 atom stereocenters. The monoisotopic (exact) mass is 145 g/mol. The zero-order chi connectivity index (χ0) is 8.04. The fourth-order valence-corrected chi connectivity index (χ4v) is 1.01. The van der Waals surface area contributed by atoms with Crippen molar-refractivity contribution >= 4 is 0 Å². The summed E-state index contributed by atoms with van der Waals surface area (Å²) in [6, 6.07) is 0. The highest BCUT2D eigenvalue weighted by Crippen LogP contribution is 2.25. The van der Waals surface area contributed by atoms with Crippen molar-refractivity contribution in [1.82, 2.24) is 0 Å². The molecule has 0 aliphatic heterocycles. The SMILES string of the molecule is CC(C)(CCO)CCCN. The lowest BCUT2D eigenvalue weighted by Gasteiger charge is -2.22. The highest BCUT2D eigenvalue weighted by atomic mass is 16.3. The van der Waals surface area contributed by atoms with Gasteiger partial charge in [0.25, 0.3) is 0 Å². The molecule has 0 aromatic heterocycles. The minimum absolute atomic E-state index is 0.272. The molecule has 0 saturated heterocycles. The lowest BCUT2D eigenvalue weighted by atomic mass is 9.85. The van der Waals surface area contributed by atoms with Gasteiger partial charge in [0.2, 0.25) is 0 Å². The lowest BCUT2D eigenvalue weighted by Crippen LogP contribution is -2.15. The van der Waals surface area contributed by atoms with Crippen molar-refractivity contribution in [3.05, 3.63) is 0 Å². The first kappa shape index (κ1) is 9.92. The molecule has 3 N–H and O–H groups in total. The molecular formula is C8H19NO. The molecule has 0 amide bonds. The number of hydrogen-bond acceptors (Lipinski definition) is 2. The van der Waals surface area contributed by atoms with E-state index in [-0.39, 0.29) is 12.0 Å². The molecule has 0 heterocycles. The summed E-state index contributed by atoms with van der Waals surface area (Å²) in [4.78, 5) is 0. The summed E-state index contributed by atoms with van der Waals surface area (Å²) in [7, 11) is 0. The van der Waals surface area contributed by atoms with Crippen LogP contribution in [0.15, 0.2) is 0 Å². The molecule has 10 heavy (non-hydrogen) atoms. The Labute approximate surface area is 63.4 Å². The first-order valence-electron chi connectivity index (χ1n) is 3.93. The zero-order valence-corrected chi connectivity index (χ0v) is 7.06. The fourth-order valence-electron chi connectivity index (χ4n) is 1.01. The smallest absolute Gasteiger partial charge is 0.0436 e. The third kappa shape index (κ3) is 4.77. The number of nitrogens with two attached hydrogens (primary N) is 1. The number of rotatable bonds is 5. The summed E-state index contributed by atoms with van der Waals surface area (Å²) in [6.45, 7) is 5.38. The second-order valence-electron chi connectivity index (χ2n) is 3.53. The molecular weight excluding hydrogens is 126 g/mol. The van der Waals surface area contributed by atoms with Gasteiger partial charge in [0.15, 0.2) is 0 Å². The van der Waals surface area contributed by atoms with Crippen molar-refractivity contribution in [3.63, 3.8) is 0 Å². The van der Waals surface area contributed by atoms with Gasteiger partial charge in [0, 0.05) is 6.61 Å². The quantitative estimate of drug-likeness (QED) is 0.609. The third-order valence-corrected chi connectivity index (χ3v) is 1.85. The van der Waals surface area contributed by atoms with Crippen molar-refractivity contribution in [2.24, 2.45) is 11.1 Å². The van der Waals surface area contributed by atoms with E-state index in [2.05, 4.69) is 13.8 Å². The van der Waals surface area contributed by atoms with Crippen LogP contribution in [0.4, 0.5) is 0 Å².